The number of phenolic OH excluding ortho intramolecular Hbond substituents is 1. The van der Waals surface area contributed by atoms with Gasteiger partial charge in [0.25, 0.3) is 0 Å². The average molecular weight is 361 g/mol. The normalized spacial score (nSPS) is 10.5. The quantitative estimate of drug-likeness (QED) is 0.279. The first-order valence-electron chi connectivity index (χ1n) is 10.1. The third-order valence-corrected chi connectivity index (χ3v) is 4.79. The molecule has 136 valence electrons. The standard InChI is InChI=1S/C22H38O.Ca.2H/c1-2-3-4-5-6-7-8-9-10-11-12-13-14-15-18-21-19-16-17-20-22(21)23;;;/h16-17,19-20,23H,2-15,18H2,1H3;;;. The number of unbranched alkanes of at least 4 members (excludes halogenated alkanes) is 13. The summed E-state index contributed by atoms with van der Waals surface area (Å²) >= 11 is 0. The van der Waals surface area contributed by atoms with Crippen molar-refractivity contribution in [2.75, 3.05) is 0 Å². The molecule has 0 atom stereocenters. The minimum atomic E-state index is 0. The van der Waals surface area contributed by atoms with E-state index >= 15 is 0 Å². The molecule has 0 aromatic heterocycles. The summed E-state index contributed by atoms with van der Waals surface area (Å²) < 4.78 is 0. The summed E-state index contributed by atoms with van der Waals surface area (Å²) in [6, 6.07) is 7.74. The van der Waals surface area contributed by atoms with Gasteiger partial charge in [-0.05, 0) is 24.5 Å². The van der Waals surface area contributed by atoms with Crippen molar-refractivity contribution in [3.63, 3.8) is 0 Å². The van der Waals surface area contributed by atoms with Crippen LogP contribution in [0.5, 0.6) is 5.75 Å². The molecule has 0 radical (unpaired) electrons. The van der Waals surface area contributed by atoms with Gasteiger partial charge in [-0.2, -0.15) is 0 Å². The topological polar surface area (TPSA) is 20.2 Å². The summed E-state index contributed by atoms with van der Waals surface area (Å²) in [6.07, 6.45) is 20.5. The number of hydrogen-bond acceptors (Lipinski definition) is 1. The first-order valence-corrected chi connectivity index (χ1v) is 10.1. The van der Waals surface area contributed by atoms with Crippen molar-refractivity contribution in [3.8, 4) is 5.75 Å². The van der Waals surface area contributed by atoms with Crippen LogP contribution >= 0.6 is 0 Å². The van der Waals surface area contributed by atoms with E-state index < -0.39 is 0 Å². The molecule has 1 nitrogen and oxygen atoms in total. The molecule has 0 saturated carbocycles. The Bertz CT molecular complexity index is 378. The minimum absolute atomic E-state index is 0. The monoisotopic (exact) mass is 360 g/mol. The molecule has 0 aliphatic heterocycles. The van der Waals surface area contributed by atoms with Crippen LogP contribution in [0.3, 0.4) is 0 Å². The van der Waals surface area contributed by atoms with Crippen molar-refractivity contribution in [1.82, 2.24) is 0 Å². The summed E-state index contributed by atoms with van der Waals surface area (Å²) in [4.78, 5) is 0. The summed E-state index contributed by atoms with van der Waals surface area (Å²) in [7, 11) is 0. The van der Waals surface area contributed by atoms with Crippen LogP contribution in [0.4, 0.5) is 0 Å². The van der Waals surface area contributed by atoms with Crippen molar-refractivity contribution in [3.05, 3.63) is 29.8 Å². The van der Waals surface area contributed by atoms with Gasteiger partial charge in [0.05, 0.1) is 0 Å². The van der Waals surface area contributed by atoms with E-state index in [4.69, 9.17) is 0 Å². The molecule has 1 aromatic carbocycles. The zero-order valence-corrected chi connectivity index (χ0v) is 15.4. The second-order valence-corrected chi connectivity index (χ2v) is 6.97. The Morgan fingerprint density at radius 2 is 1.04 bits per heavy atom. The second kappa shape index (κ2) is 18.1. The Hall–Kier alpha value is 0.280. The average Bonchev–Trinajstić information content (AvgIpc) is 2.57. The molecule has 0 heterocycles. The molecule has 2 heteroatoms. The molecule has 0 aliphatic rings. The summed E-state index contributed by atoms with van der Waals surface area (Å²) in [5, 5.41) is 9.71. The van der Waals surface area contributed by atoms with Crippen LogP contribution < -0.4 is 0 Å². The number of aromatic hydroxyl groups is 1. The number of rotatable bonds is 15. The van der Waals surface area contributed by atoms with Gasteiger partial charge in [0.15, 0.2) is 0 Å². The van der Waals surface area contributed by atoms with Crippen LogP contribution in [0.15, 0.2) is 24.3 Å². The molecule has 1 aromatic rings. The van der Waals surface area contributed by atoms with Gasteiger partial charge in [-0.3, -0.25) is 0 Å². The van der Waals surface area contributed by atoms with Gasteiger partial charge in [-0.15, -0.1) is 0 Å². The van der Waals surface area contributed by atoms with Gasteiger partial charge in [0.1, 0.15) is 5.75 Å². The molecule has 0 amide bonds. The molecule has 1 N–H and O–H groups in total. The molecule has 0 bridgehead atoms. The maximum absolute atomic E-state index is 9.71. The van der Waals surface area contributed by atoms with Gasteiger partial charge in [-0.25, -0.2) is 0 Å². The van der Waals surface area contributed by atoms with Gasteiger partial charge in [0.2, 0.25) is 0 Å². The third-order valence-electron chi connectivity index (χ3n) is 4.79. The van der Waals surface area contributed by atoms with E-state index in [0.29, 0.717) is 5.75 Å². The van der Waals surface area contributed by atoms with Crippen LogP contribution in [0.1, 0.15) is 102 Å². The molecule has 1 rings (SSSR count). The van der Waals surface area contributed by atoms with Gasteiger partial charge >= 0.3 is 37.7 Å². The van der Waals surface area contributed by atoms with Crippen molar-refractivity contribution in [2.24, 2.45) is 0 Å². The number of aryl methyl sites for hydroxylation is 1. The predicted molar refractivity (Wildman–Crippen MR) is 111 cm³/mol. The molecule has 0 spiro atoms. The zero-order chi connectivity index (χ0) is 16.6. The van der Waals surface area contributed by atoms with Crippen molar-refractivity contribution < 1.29 is 5.11 Å². The fourth-order valence-electron chi connectivity index (χ4n) is 3.23. The number of benzene rings is 1. The van der Waals surface area contributed by atoms with E-state index in [2.05, 4.69) is 6.92 Å². The van der Waals surface area contributed by atoms with Crippen LogP contribution in [-0.2, 0) is 6.42 Å². The van der Waals surface area contributed by atoms with E-state index in [-0.39, 0.29) is 37.7 Å². The van der Waals surface area contributed by atoms with Crippen LogP contribution in [0.2, 0.25) is 0 Å². The molecule has 0 aliphatic carbocycles. The Balaban J connectivity index is 0.00000529. The van der Waals surface area contributed by atoms with Crippen molar-refractivity contribution in [1.29, 1.82) is 0 Å². The second-order valence-electron chi connectivity index (χ2n) is 6.97. The maximum atomic E-state index is 9.71. The molecule has 0 saturated heterocycles. The van der Waals surface area contributed by atoms with E-state index in [9.17, 15) is 5.11 Å². The van der Waals surface area contributed by atoms with Crippen molar-refractivity contribution >= 4 is 37.7 Å². The first-order chi connectivity index (χ1) is 11.3. The Labute approximate surface area is 180 Å². The summed E-state index contributed by atoms with van der Waals surface area (Å²) in [5.74, 6) is 0.460. The van der Waals surface area contributed by atoms with Crippen molar-refractivity contribution in [2.45, 2.75) is 103 Å². The number of para-hydroxylation sites is 1. The van der Waals surface area contributed by atoms with E-state index in [1.165, 1.54) is 89.9 Å². The predicted octanol–water partition coefficient (Wildman–Crippen LogP) is 6.50. The summed E-state index contributed by atoms with van der Waals surface area (Å²) in [5.41, 5.74) is 1.10. The van der Waals surface area contributed by atoms with Gasteiger partial charge < -0.3 is 5.11 Å². The van der Waals surface area contributed by atoms with E-state index in [1.54, 1.807) is 6.07 Å². The molecule has 0 unspecified atom stereocenters. The molecular weight excluding hydrogens is 320 g/mol. The fraction of sp³-hybridized carbons (Fsp3) is 0.727. The molecule has 24 heavy (non-hydrogen) atoms. The van der Waals surface area contributed by atoms with Crippen LogP contribution in [0, 0.1) is 0 Å². The van der Waals surface area contributed by atoms with Gasteiger partial charge in [-0.1, -0.05) is 109 Å². The zero-order valence-electron chi connectivity index (χ0n) is 15.4. The summed E-state index contributed by atoms with van der Waals surface area (Å²) in [6.45, 7) is 2.28. The van der Waals surface area contributed by atoms with Crippen LogP contribution in [-0.4, -0.2) is 42.8 Å². The number of phenols is 1. The Kier molecular flexibility index (Phi) is 18.3. The first kappa shape index (κ1) is 24.3. The fourth-order valence-corrected chi connectivity index (χ4v) is 3.23. The Morgan fingerprint density at radius 1 is 0.625 bits per heavy atom. The number of hydrogen-bond donors (Lipinski definition) is 1. The Morgan fingerprint density at radius 3 is 1.50 bits per heavy atom. The molecular formula is C22H40CaO. The van der Waals surface area contributed by atoms with E-state index in [0.717, 1.165) is 12.0 Å². The van der Waals surface area contributed by atoms with E-state index in [1.807, 2.05) is 18.2 Å². The van der Waals surface area contributed by atoms with Gasteiger partial charge in [0, 0.05) is 0 Å². The van der Waals surface area contributed by atoms with Crippen LogP contribution in [0.25, 0.3) is 0 Å². The third kappa shape index (κ3) is 13.6. The SMILES string of the molecule is CCCCCCCCCCCCCCCCc1ccccc1O.[CaH2]. The molecule has 0 fully saturated rings.